The van der Waals surface area contributed by atoms with Crippen LogP contribution in [0.4, 0.5) is 0 Å². The fourth-order valence-corrected chi connectivity index (χ4v) is 1.25. The molecule has 0 spiro atoms. The SMILES string of the molecule is NNOC(=O)CCOc1ccc(CCO)cc1. The van der Waals surface area contributed by atoms with Gasteiger partial charge in [0.15, 0.2) is 0 Å². The summed E-state index contributed by atoms with van der Waals surface area (Å²) < 4.78 is 5.32. The quantitative estimate of drug-likeness (QED) is 0.455. The molecule has 0 radical (unpaired) electrons. The second kappa shape index (κ2) is 7.61. The zero-order chi connectivity index (χ0) is 12.5. The first-order chi connectivity index (χ1) is 8.26. The maximum atomic E-state index is 10.9. The van der Waals surface area contributed by atoms with Crippen LogP contribution in [0.5, 0.6) is 5.75 Å². The molecule has 0 saturated heterocycles. The minimum Gasteiger partial charge on any atom is -0.493 e. The molecule has 0 amide bonds. The van der Waals surface area contributed by atoms with Crippen molar-refractivity contribution in [2.45, 2.75) is 12.8 Å². The topological polar surface area (TPSA) is 93.8 Å². The first-order valence-electron chi connectivity index (χ1n) is 5.24. The molecule has 4 N–H and O–H groups in total. The Balaban J connectivity index is 2.29. The molecule has 0 aromatic heterocycles. The molecule has 17 heavy (non-hydrogen) atoms. The molecule has 0 fully saturated rings. The Morgan fingerprint density at radius 1 is 1.35 bits per heavy atom. The number of aliphatic hydroxyl groups excluding tert-OH is 1. The molecule has 0 aliphatic heterocycles. The second-order valence-electron chi connectivity index (χ2n) is 3.31. The highest BCUT2D eigenvalue weighted by Gasteiger charge is 2.02. The summed E-state index contributed by atoms with van der Waals surface area (Å²) in [5.74, 6) is 4.99. The number of aliphatic hydroxyl groups is 1. The van der Waals surface area contributed by atoms with E-state index < -0.39 is 5.97 Å². The van der Waals surface area contributed by atoms with Gasteiger partial charge in [0.25, 0.3) is 0 Å². The van der Waals surface area contributed by atoms with Crippen molar-refractivity contribution in [2.24, 2.45) is 5.84 Å². The molecule has 0 unspecified atom stereocenters. The number of hydrazine groups is 1. The van der Waals surface area contributed by atoms with Gasteiger partial charge in [-0.25, -0.2) is 5.84 Å². The van der Waals surface area contributed by atoms with Crippen LogP contribution in [0.2, 0.25) is 0 Å². The maximum absolute atomic E-state index is 10.9. The van der Waals surface area contributed by atoms with Gasteiger partial charge in [0, 0.05) is 6.61 Å². The largest absolute Gasteiger partial charge is 0.493 e. The Labute approximate surface area is 99.3 Å². The fraction of sp³-hybridized carbons (Fsp3) is 0.364. The van der Waals surface area contributed by atoms with E-state index >= 15 is 0 Å². The van der Waals surface area contributed by atoms with E-state index in [2.05, 4.69) is 4.84 Å². The summed E-state index contributed by atoms with van der Waals surface area (Å²) in [6.45, 7) is 0.345. The van der Waals surface area contributed by atoms with Crippen LogP contribution in [0.1, 0.15) is 12.0 Å². The van der Waals surface area contributed by atoms with Gasteiger partial charge < -0.3 is 14.7 Å². The highest BCUT2D eigenvalue weighted by atomic mass is 16.7. The molecule has 0 aliphatic carbocycles. The van der Waals surface area contributed by atoms with Crippen LogP contribution >= 0.6 is 0 Å². The normalized spacial score (nSPS) is 10.0. The van der Waals surface area contributed by atoms with Crippen LogP contribution in [-0.4, -0.2) is 24.3 Å². The van der Waals surface area contributed by atoms with Gasteiger partial charge in [0.05, 0.1) is 13.0 Å². The predicted octanol–water partition coefficient (Wildman–Crippen LogP) is -0.0882. The third-order valence-corrected chi connectivity index (χ3v) is 2.07. The summed E-state index contributed by atoms with van der Waals surface area (Å²) in [6.07, 6.45) is 0.733. The van der Waals surface area contributed by atoms with E-state index in [0.717, 1.165) is 5.56 Å². The van der Waals surface area contributed by atoms with Gasteiger partial charge >= 0.3 is 5.97 Å². The molecule has 0 bridgehead atoms. The molecule has 0 heterocycles. The van der Waals surface area contributed by atoms with Gasteiger partial charge in [0.2, 0.25) is 0 Å². The van der Waals surface area contributed by atoms with Gasteiger partial charge in [-0.2, -0.15) is 0 Å². The summed E-state index contributed by atoms with van der Waals surface area (Å²) in [5, 5.41) is 8.74. The van der Waals surface area contributed by atoms with Crippen LogP contribution in [0.3, 0.4) is 0 Å². The smallest absolute Gasteiger partial charge is 0.329 e. The molecular weight excluding hydrogens is 224 g/mol. The lowest BCUT2D eigenvalue weighted by atomic mass is 10.1. The van der Waals surface area contributed by atoms with E-state index in [1.807, 2.05) is 17.7 Å². The molecule has 0 aliphatic rings. The Kier molecular flexibility index (Phi) is 6.02. The van der Waals surface area contributed by atoms with Crippen molar-refractivity contribution >= 4 is 5.97 Å². The first-order valence-corrected chi connectivity index (χ1v) is 5.24. The highest BCUT2D eigenvalue weighted by Crippen LogP contribution is 2.12. The molecule has 1 aromatic rings. The molecule has 1 aromatic carbocycles. The number of ether oxygens (including phenoxy) is 1. The van der Waals surface area contributed by atoms with Gasteiger partial charge in [-0.15, -0.1) is 0 Å². The van der Waals surface area contributed by atoms with Crippen LogP contribution in [0, 0.1) is 0 Å². The van der Waals surface area contributed by atoms with Gasteiger partial charge in [0.1, 0.15) is 5.75 Å². The van der Waals surface area contributed by atoms with Crippen molar-refractivity contribution in [3.8, 4) is 5.75 Å². The number of carbonyl (C=O) groups is 1. The number of hydrogen-bond donors (Lipinski definition) is 3. The van der Waals surface area contributed by atoms with Crippen molar-refractivity contribution in [1.29, 1.82) is 0 Å². The number of benzene rings is 1. The van der Waals surface area contributed by atoms with Gasteiger partial charge in [-0.1, -0.05) is 17.7 Å². The van der Waals surface area contributed by atoms with Crippen molar-refractivity contribution in [2.75, 3.05) is 13.2 Å². The van der Waals surface area contributed by atoms with E-state index in [4.69, 9.17) is 15.7 Å². The van der Waals surface area contributed by atoms with Crippen molar-refractivity contribution in [3.05, 3.63) is 29.8 Å². The molecule has 1 rings (SSSR count). The van der Waals surface area contributed by atoms with Crippen LogP contribution in [-0.2, 0) is 16.1 Å². The number of rotatable bonds is 7. The summed E-state index contributed by atoms with van der Waals surface area (Å²) in [6, 6.07) is 7.31. The highest BCUT2D eigenvalue weighted by molar-refractivity contribution is 5.69. The van der Waals surface area contributed by atoms with E-state index in [-0.39, 0.29) is 19.6 Å². The van der Waals surface area contributed by atoms with Crippen LogP contribution in [0.15, 0.2) is 24.3 Å². The van der Waals surface area contributed by atoms with Crippen LogP contribution < -0.4 is 16.2 Å². The van der Waals surface area contributed by atoms with Crippen molar-refractivity contribution in [1.82, 2.24) is 5.59 Å². The van der Waals surface area contributed by atoms with E-state index in [0.29, 0.717) is 12.2 Å². The Bertz CT molecular complexity index is 340. The minimum atomic E-state index is -0.482. The van der Waals surface area contributed by atoms with E-state index in [1.54, 1.807) is 12.1 Å². The molecule has 0 atom stereocenters. The standard InChI is InChI=1S/C11H16N2O4/c12-13-17-11(15)6-8-16-10-3-1-9(2-4-10)5-7-14/h1-4,13-14H,5-8,12H2. The third-order valence-electron chi connectivity index (χ3n) is 2.07. The summed E-state index contributed by atoms with van der Waals surface area (Å²) in [5.41, 5.74) is 2.84. The number of nitrogens with two attached hydrogens (primary N) is 1. The molecule has 94 valence electrons. The maximum Gasteiger partial charge on any atom is 0.329 e. The number of carbonyl (C=O) groups excluding carboxylic acids is 1. The monoisotopic (exact) mass is 240 g/mol. The lowest BCUT2D eigenvalue weighted by Gasteiger charge is -2.06. The van der Waals surface area contributed by atoms with Gasteiger partial charge in [-0.3, -0.25) is 4.79 Å². The summed E-state index contributed by atoms with van der Waals surface area (Å²) in [4.78, 5) is 15.2. The average Bonchev–Trinajstić information content (AvgIpc) is 2.32. The Hall–Kier alpha value is -1.63. The molecule has 0 saturated carbocycles. The fourth-order valence-electron chi connectivity index (χ4n) is 1.25. The third kappa shape index (κ3) is 5.30. The average molecular weight is 240 g/mol. The predicted molar refractivity (Wildman–Crippen MR) is 60.8 cm³/mol. The minimum absolute atomic E-state index is 0.114. The van der Waals surface area contributed by atoms with Crippen molar-refractivity contribution < 1.29 is 19.5 Å². The molecule has 6 heteroatoms. The molecule has 6 nitrogen and oxygen atoms in total. The lowest BCUT2D eigenvalue weighted by molar-refractivity contribution is -0.151. The molecular formula is C11H16N2O4. The van der Waals surface area contributed by atoms with Crippen molar-refractivity contribution in [3.63, 3.8) is 0 Å². The number of nitrogens with one attached hydrogen (secondary N) is 1. The lowest BCUT2D eigenvalue weighted by Crippen LogP contribution is -2.26. The summed E-state index contributed by atoms with van der Waals surface area (Å²) in [7, 11) is 0. The second-order valence-corrected chi connectivity index (χ2v) is 3.31. The van der Waals surface area contributed by atoms with E-state index in [1.165, 1.54) is 0 Å². The van der Waals surface area contributed by atoms with E-state index in [9.17, 15) is 4.79 Å². The Morgan fingerprint density at radius 3 is 2.65 bits per heavy atom. The zero-order valence-electron chi connectivity index (χ0n) is 9.39. The van der Waals surface area contributed by atoms with Crippen LogP contribution in [0.25, 0.3) is 0 Å². The first kappa shape index (κ1) is 13.4. The number of hydrogen-bond acceptors (Lipinski definition) is 6. The summed E-state index contributed by atoms with van der Waals surface area (Å²) >= 11 is 0. The zero-order valence-corrected chi connectivity index (χ0v) is 9.39. The Morgan fingerprint density at radius 2 is 2.06 bits per heavy atom. The van der Waals surface area contributed by atoms with Gasteiger partial charge in [-0.05, 0) is 24.1 Å².